The highest BCUT2D eigenvalue weighted by molar-refractivity contribution is 6.11. The van der Waals surface area contributed by atoms with Crippen LogP contribution in [-0.2, 0) is 9.47 Å². The number of amides is 1. The summed E-state index contributed by atoms with van der Waals surface area (Å²) >= 11 is 0. The molecular formula is C25H22N2O5. The van der Waals surface area contributed by atoms with Crippen molar-refractivity contribution in [2.75, 3.05) is 24.4 Å². The normalized spacial score (nSPS) is 14.7. The van der Waals surface area contributed by atoms with Gasteiger partial charge >= 0.3 is 11.9 Å². The molecule has 0 bridgehead atoms. The van der Waals surface area contributed by atoms with Crippen molar-refractivity contribution in [3.63, 3.8) is 0 Å². The first-order chi connectivity index (χ1) is 15.4. The van der Waals surface area contributed by atoms with Crippen LogP contribution in [-0.4, -0.2) is 32.1 Å². The van der Waals surface area contributed by atoms with Crippen LogP contribution in [0.4, 0.5) is 11.4 Å². The number of ether oxygens (including phenoxy) is 2. The molecular weight excluding hydrogens is 408 g/mol. The third-order valence-electron chi connectivity index (χ3n) is 5.42. The minimum atomic E-state index is -0.586. The van der Waals surface area contributed by atoms with Crippen LogP contribution >= 0.6 is 0 Å². The Morgan fingerprint density at radius 2 is 1.47 bits per heavy atom. The van der Waals surface area contributed by atoms with Gasteiger partial charge in [0.15, 0.2) is 0 Å². The zero-order chi connectivity index (χ0) is 22.8. The third-order valence-corrected chi connectivity index (χ3v) is 5.42. The number of anilines is 2. The molecule has 4 rings (SSSR count). The summed E-state index contributed by atoms with van der Waals surface area (Å²) in [4.78, 5) is 39.4. The summed E-state index contributed by atoms with van der Waals surface area (Å²) in [5, 5.41) is 3.33. The molecule has 0 radical (unpaired) electrons. The third kappa shape index (κ3) is 3.69. The lowest BCUT2D eigenvalue weighted by atomic mass is 10.1. The van der Waals surface area contributed by atoms with Crippen LogP contribution in [0.25, 0.3) is 0 Å². The Balaban J connectivity index is 1.82. The lowest BCUT2D eigenvalue weighted by molar-refractivity contribution is 0.0599. The van der Waals surface area contributed by atoms with Crippen molar-refractivity contribution in [3.05, 3.63) is 94.5 Å². The van der Waals surface area contributed by atoms with Crippen molar-refractivity contribution in [1.29, 1.82) is 0 Å². The molecule has 0 fully saturated rings. The molecule has 0 spiro atoms. The topological polar surface area (TPSA) is 84.9 Å². The Morgan fingerprint density at radius 3 is 2.09 bits per heavy atom. The van der Waals surface area contributed by atoms with Crippen LogP contribution in [0, 0.1) is 6.92 Å². The van der Waals surface area contributed by atoms with E-state index in [0.29, 0.717) is 11.3 Å². The van der Waals surface area contributed by atoms with Gasteiger partial charge in [-0.15, -0.1) is 0 Å². The second-order valence-electron chi connectivity index (χ2n) is 7.38. The highest BCUT2D eigenvalue weighted by atomic mass is 16.5. The maximum absolute atomic E-state index is 13.3. The maximum Gasteiger partial charge on any atom is 0.337 e. The van der Waals surface area contributed by atoms with E-state index in [9.17, 15) is 14.4 Å². The van der Waals surface area contributed by atoms with Crippen molar-refractivity contribution < 1.29 is 23.9 Å². The van der Waals surface area contributed by atoms with Crippen LogP contribution in [0.3, 0.4) is 0 Å². The van der Waals surface area contributed by atoms with Crippen molar-refractivity contribution >= 4 is 29.2 Å². The predicted octanol–water partition coefficient (Wildman–Crippen LogP) is 4.34. The summed E-state index contributed by atoms with van der Waals surface area (Å²) in [5.74, 6) is -1.31. The second kappa shape index (κ2) is 8.55. The largest absolute Gasteiger partial charge is 0.465 e. The minimum Gasteiger partial charge on any atom is -0.465 e. The van der Waals surface area contributed by atoms with Crippen molar-refractivity contribution in [1.82, 2.24) is 0 Å². The van der Waals surface area contributed by atoms with Crippen molar-refractivity contribution in [3.8, 4) is 0 Å². The summed E-state index contributed by atoms with van der Waals surface area (Å²) < 4.78 is 9.65. The molecule has 1 unspecified atom stereocenters. The first-order valence-corrected chi connectivity index (χ1v) is 10.0. The Morgan fingerprint density at radius 1 is 0.875 bits per heavy atom. The Hall–Kier alpha value is -4.13. The number of esters is 2. The number of carbonyl (C=O) groups is 3. The molecule has 0 saturated heterocycles. The summed E-state index contributed by atoms with van der Waals surface area (Å²) in [6.07, 6.45) is -0.543. The molecule has 3 aromatic rings. The number of hydrogen-bond donors (Lipinski definition) is 1. The molecule has 0 aromatic heterocycles. The zero-order valence-electron chi connectivity index (χ0n) is 17.9. The number of aryl methyl sites for hydroxylation is 1. The van der Waals surface area contributed by atoms with Gasteiger partial charge in [-0.05, 0) is 42.8 Å². The SMILES string of the molecule is COC(=O)c1cc(NC2c3ccccc3C(=O)N2c2ccccc2C)cc(C(=O)OC)c1. The number of fused-ring (bicyclic) bond motifs is 1. The number of rotatable bonds is 5. The second-order valence-corrected chi connectivity index (χ2v) is 7.38. The van der Waals surface area contributed by atoms with E-state index in [-0.39, 0.29) is 17.0 Å². The van der Waals surface area contributed by atoms with Gasteiger partial charge in [-0.1, -0.05) is 36.4 Å². The van der Waals surface area contributed by atoms with Crippen molar-refractivity contribution in [2.24, 2.45) is 0 Å². The van der Waals surface area contributed by atoms with E-state index < -0.39 is 18.1 Å². The molecule has 162 valence electrons. The van der Waals surface area contributed by atoms with Crippen LogP contribution in [0.1, 0.15) is 48.4 Å². The number of hydrogen-bond acceptors (Lipinski definition) is 6. The molecule has 1 aliphatic rings. The standard InChI is InChI=1S/C25H22N2O5/c1-15-8-4-7-11-21(15)27-22(19-9-5-6-10-20(19)23(27)28)26-18-13-16(24(29)31-2)12-17(14-18)25(30)32-3/h4-14,22,26H,1-3H3. The summed E-state index contributed by atoms with van der Waals surface area (Å²) in [6, 6.07) is 19.6. The predicted molar refractivity (Wildman–Crippen MR) is 120 cm³/mol. The fourth-order valence-corrected chi connectivity index (χ4v) is 3.88. The van der Waals surface area contributed by atoms with Gasteiger partial charge in [0.2, 0.25) is 0 Å². The molecule has 0 saturated carbocycles. The monoisotopic (exact) mass is 430 g/mol. The van der Waals surface area contributed by atoms with Gasteiger partial charge in [0.1, 0.15) is 6.17 Å². The summed E-state index contributed by atoms with van der Waals surface area (Å²) in [6.45, 7) is 1.94. The van der Waals surface area contributed by atoms with E-state index in [2.05, 4.69) is 5.32 Å². The first kappa shape index (κ1) is 21.1. The Kier molecular flexibility index (Phi) is 5.64. The number of nitrogens with zero attached hydrogens (tertiary/aromatic N) is 1. The fraction of sp³-hybridized carbons (Fsp3) is 0.160. The maximum atomic E-state index is 13.3. The van der Waals surface area contributed by atoms with Gasteiger partial charge in [-0.25, -0.2) is 9.59 Å². The van der Waals surface area contributed by atoms with E-state index in [1.54, 1.807) is 23.1 Å². The van der Waals surface area contributed by atoms with Crippen LogP contribution < -0.4 is 10.2 Å². The summed E-state index contributed by atoms with van der Waals surface area (Å²) in [5.41, 5.74) is 3.95. The molecule has 0 aliphatic carbocycles. The number of methoxy groups -OCH3 is 2. The van der Waals surface area contributed by atoms with E-state index in [1.807, 2.05) is 49.4 Å². The zero-order valence-corrected chi connectivity index (χ0v) is 17.9. The molecule has 1 amide bonds. The van der Waals surface area contributed by atoms with Gasteiger partial charge in [0.25, 0.3) is 5.91 Å². The molecule has 1 heterocycles. The van der Waals surface area contributed by atoms with Gasteiger partial charge in [0, 0.05) is 22.5 Å². The minimum absolute atomic E-state index is 0.135. The van der Waals surface area contributed by atoms with Gasteiger partial charge < -0.3 is 14.8 Å². The van der Waals surface area contributed by atoms with Gasteiger partial charge in [-0.3, -0.25) is 9.69 Å². The van der Waals surface area contributed by atoms with E-state index in [0.717, 1.165) is 16.8 Å². The highest BCUT2D eigenvalue weighted by Crippen LogP contribution is 2.39. The molecule has 7 heteroatoms. The van der Waals surface area contributed by atoms with Crippen molar-refractivity contribution in [2.45, 2.75) is 13.1 Å². The Bertz CT molecular complexity index is 1190. The first-order valence-electron chi connectivity index (χ1n) is 10.0. The molecule has 1 N–H and O–H groups in total. The van der Waals surface area contributed by atoms with E-state index >= 15 is 0 Å². The summed E-state index contributed by atoms with van der Waals surface area (Å²) in [7, 11) is 2.54. The number of carbonyl (C=O) groups excluding carboxylic acids is 3. The van der Waals surface area contributed by atoms with Crippen LogP contribution in [0.15, 0.2) is 66.7 Å². The Labute approximate surface area is 185 Å². The smallest absolute Gasteiger partial charge is 0.337 e. The molecule has 32 heavy (non-hydrogen) atoms. The lowest BCUT2D eigenvalue weighted by Gasteiger charge is -2.28. The highest BCUT2D eigenvalue weighted by Gasteiger charge is 2.38. The number of nitrogens with one attached hydrogen (secondary N) is 1. The fourth-order valence-electron chi connectivity index (χ4n) is 3.88. The molecule has 7 nitrogen and oxygen atoms in total. The average Bonchev–Trinajstić information content (AvgIpc) is 3.09. The lowest BCUT2D eigenvalue weighted by Crippen LogP contribution is -2.32. The average molecular weight is 430 g/mol. The molecule has 1 aliphatic heterocycles. The van der Waals surface area contributed by atoms with E-state index in [1.165, 1.54) is 20.3 Å². The molecule has 1 atom stereocenters. The number of benzene rings is 3. The quantitative estimate of drug-likeness (QED) is 0.606. The van der Waals surface area contributed by atoms with Crippen LogP contribution in [0.2, 0.25) is 0 Å². The molecule has 3 aromatic carbocycles. The van der Waals surface area contributed by atoms with Crippen LogP contribution in [0.5, 0.6) is 0 Å². The van der Waals surface area contributed by atoms with E-state index in [4.69, 9.17) is 9.47 Å². The van der Waals surface area contributed by atoms with Gasteiger partial charge in [0.05, 0.1) is 25.3 Å². The number of para-hydroxylation sites is 1. The van der Waals surface area contributed by atoms with Gasteiger partial charge in [-0.2, -0.15) is 0 Å².